The molecule has 0 saturated carbocycles. The number of rotatable bonds is 6. The Balaban J connectivity index is 1.83. The van der Waals surface area contributed by atoms with Gasteiger partial charge in [-0.25, -0.2) is 0 Å². The van der Waals surface area contributed by atoms with Crippen LogP contribution in [0.1, 0.15) is 19.4 Å². The zero-order valence-corrected chi connectivity index (χ0v) is 13.2. The van der Waals surface area contributed by atoms with Crippen LogP contribution in [-0.2, 0) is 4.79 Å². The van der Waals surface area contributed by atoms with Crippen molar-refractivity contribution in [3.05, 3.63) is 54.1 Å². The lowest BCUT2D eigenvalue weighted by molar-refractivity contribution is -0.114. The summed E-state index contributed by atoms with van der Waals surface area (Å²) in [6.07, 6.45) is 0.152. The van der Waals surface area contributed by atoms with Crippen LogP contribution in [0.15, 0.2) is 48.5 Å². The summed E-state index contributed by atoms with van der Waals surface area (Å²) < 4.78 is 5.58. The lowest BCUT2D eigenvalue weighted by atomic mass is 10.2. The summed E-state index contributed by atoms with van der Waals surface area (Å²) >= 11 is 0. The van der Waals surface area contributed by atoms with Gasteiger partial charge in [0.15, 0.2) is 0 Å². The van der Waals surface area contributed by atoms with Gasteiger partial charge in [-0.15, -0.1) is 0 Å². The van der Waals surface area contributed by atoms with Gasteiger partial charge in [0.1, 0.15) is 5.75 Å². The summed E-state index contributed by atoms with van der Waals surface area (Å²) in [7, 11) is 0. The second-order valence-corrected chi connectivity index (χ2v) is 5.46. The SMILES string of the molecule is Cc1cccc(NC(=O)CNc2ccc(OC(C)C)cc2)c1. The Hall–Kier alpha value is -2.49. The largest absolute Gasteiger partial charge is 0.491 e. The van der Waals surface area contributed by atoms with Crippen LogP contribution in [0.25, 0.3) is 0 Å². The molecule has 4 heteroatoms. The second-order valence-electron chi connectivity index (χ2n) is 5.46. The van der Waals surface area contributed by atoms with Crippen molar-refractivity contribution in [3.63, 3.8) is 0 Å². The molecule has 2 N–H and O–H groups in total. The molecule has 0 aliphatic rings. The van der Waals surface area contributed by atoms with Crippen molar-refractivity contribution >= 4 is 17.3 Å². The molecule has 4 nitrogen and oxygen atoms in total. The third-order valence-electron chi connectivity index (χ3n) is 2.98. The van der Waals surface area contributed by atoms with Gasteiger partial charge in [0.05, 0.1) is 12.6 Å². The van der Waals surface area contributed by atoms with Crippen LogP contribution < -0.4 is 15.4 Å². The van der Waals surface area contributed by atoms with E-state index in [0.29, 0.717) is 0 Å². The molecule has 0 saturated heterocycles. The van der Waals surface area contributed by atoms with Gasteiger partial charge in [-0.05, 0) is 62.7 Å². The number of anilines is 2. The van der Waals surface area contributed by atoms with E-state index in [-0.39, 0.29) is 18.6 Å². The molecule has 0 aliphatic carbocycles. The Labute approximate surface area is 131 Å². The molecule has 0 aliphatic heterocycles. The van der Waals surface area contributed by atoms with Gasteiger partial charge in [0.2, 0.25) is 5.91 Å². The molecule has 2 aromatic carbocycles. The molecule has 0 atom stereocenters. The number of nitrogens with one attached hydrogen (secondary N) is 2. The third-order valence-corrected chi connectivity index (χ3v) is 2.98. The average Bonchev–Trinajstić information content (AvgIpc) is 2.46. The minimum absolute atomic E-state index is 0.0758. The Bertz CT molecular complexity index is 621. The summed E-state index contributed by atoms with van der Waals surface area (Å²) in [6.45, 7) is 6.19. The molecule has 0 radical (unpaired) electrons. The summed E-state index contributed by atoms with van der Waals surface area (Å²) in [5.74, 6) is 0.748. The number of carbonyl (C=O) groups excluding carboxylic acids is 1. The molecular formula is C18H22N2O2. The highest BCUT2D eigenvalue weighted by atomic mass is 16.5. The Morgan fingerprint density at radius 3 is 2.45 bits per heavy atom. The molecule has 1 amide bonds. The normalized spacial score (nSPS) is 10.4. The van der Waals surface area contributed by atoms with E-state index < -0.39 is 0 Å². The van der Waals surface area contributed by atoms with Gasteiger partial charge in [-0.3, -0.25) is 4.79 Å². The van der Waals surface area contributed by atoms with Gasteiger partial charge in [-0.2, -0.15) is 0 Å². The van der Waals surface area contributed by atoms with Gasteiger partial charge < -0.3 is 15.4 Å². The molecule has 0 spiro atoms. The summed E-state index contributed by atoms with van der Waals surface area (Å²) in [5, 5.41) is 5.96. The molecule has 0 aromatic heterocycles. The molecule has 0 fully saturated rings. The highest BCUT2D eigenvalue weighted by Gasteiger charge is 2.03. The van der Waals surface area contributed by atoms with E-state index >= 15 is 0 Å². The van der Waals surface area contributed by atoms with Crippen LogP contribution in [0.3, 0.4) is 0 Å². The first-order valence-corrected chi connectivity index (χ1v) is 7.40. The quantitative estimate of drug-likeness (QED) is 0.852. The smallest absolute Gasteiger partial charge is 0.243 e. The van der Waals surface area contributed by atoms with Crippen molar-refractivity contribution in [2.75, 3.05) is 17.2 Å². The van der Waals surface area contributed by atoms with Crippen molar-refractivity contribution in [2.24, 2.45) is 0 Å². The van der Waals surface area contributed by atoms with E-state index in [9.17, 15) is 4.79 Å². The highest BCUT2D eigenvalue weighted by molar-refractivity contribution is 5.93. The van der Waals surface area contributed by atoms with Gasteiger partial charge in [0, 0.05) is 11.4 Å². The number of hydrogen-bond acceptors (Lipinski definition) is 3. The fraction of sp³-hybridized carbons (Fsp3) is 0.278. The summed E-state index contributed by atoms with van der Waals surface area (Å²) in [4.78, 5) is 11.9. The molecule has 0 bridgehead atoms. The van der Waals surface area contributed by atoms with Crippen LogP contribution in [0, 0.1) is 6.92 Å². The topological polar surface area (TPSA) is 50.4 Å². The average molecular weight is 298 g/mol. The monoisotopic (exact) mass is 298 g/mol. The maximum Gasteiger partial charge on any atom is 0.243 e. The highest BCUT2D eigenvalue weighted by Crippen LogP contribution is 2.16. The molecule has 0 heterocycles. The van der Waals surface area contributed by atoms with Crippen LogP contribution in [0.4, 0.5) is 11.4 Å². The number of ether oxygens (including phenoxy) is 1. The minimum Gasteiger partial charge on any atom is -0.491 e. The van der Waals surface area contributed by atoms with E-state index in [1.807, 2.05) is 69.3 Å². The Morgan fingerprint density at radius 2 is 1.82 bits per heavy atom. The van der Waals surface area contributed by atoms with Crippen LogP contribution in [-0.4, -0.2) is 18.6 Å². The van der Waals surface area contributed by atoms with Gasteiger partial charge >= 0.3 is 0 Å². The predicted molar refractivity (Wildman–Crippen MR) is 90.5 cm³/mol. The summed E-state index contributed by atoms with van der Waals surface area (Å²) in [5.41, 5.74) is 2.81. The molecule has 2 aromatic rings. The molecule has 22 heavy (non-hydrogen) atoms. The second kappa shape index (κ2) is 7.50. The van der Waals surface area contributed by atoms with Crippen molar-refractivity contribution in [3.8, 4) is 5.75 Å². The van der Waals surface area contributed by atoms with E-state index in [4.69, 9.17) is 4.74 Å². The molecular weight excluding hydrogens is 276 g/mol. The molecule has 0 unspecified atom stereocenters. The zero-order chi connectivity index (χ0) is 15.9. The van der Waals surface area contributed by atoms with E-state index in [0.717, 1.165) is 22.7 Å². The Kier molecular flexibility index (Phi) is 5.42. The number of benzene rings is 2. The van der Waals surface area contributed by atoms with E-state index in [2.05, 4.69) is 10.6 Å². The minimum atomic E-state index is -0.0758. The third kappa shape index (κ3) is 5.13. The summed E-state index contributed by atoms with van der Waals surface area (Å²) in [6, 6.07) is 15.3. The lowest BCUT2D eigenvalue weighted by Crippen LogP contribution is -2.21. The first-order valence-electron chi connectivity index (χ1n) is 7.40. The maximum atomic E-state index is 11.9. The van der Waals surface area contributed by atoms with E-state index in [1.54, 1.807) is 0 Å². The van der Waals surface area contributed by atoms with Crippen molar-refractivity contribution in [1.29, 1.82) is 0 Å². The van der Waals surface area contributed by atoms with Gasteiger partial charge in [0.25, 0.3) is 0 Å². The van der Waals surface area contributed by atoms with Crippen LogP contribution >= 0.6 is 0 Å². The first-order chi connectivity index (χ1) is 10.5. The lowest BCUT2D eigenvalue weighted by Gasteiger charge is -2.11. The first kappa shape index (κ1) is 15.9. The fourth-order valence-corrected chi connectivity index (χ4v) is 2.03. The van der Waals surface area contributed by atoms with E-state index in [1.165, 1.54) is 0 Å². The zero-order valence-electron chi connectivity index (χ0n) is 13.2. The number of aryl methyl sites for hydroxylation is 1. The number of amides is 1. The van der Waals surface area contributed by atoms with Crippen molar-refractivity contribution in [2.45, 2.75) is 26.9 Å². The molecule has 2 rings (SSSR count). The van der Waals surface area contributed by atoms with Crippen LogP contribution in [0.2, 0.25) is 0 Å². The maximum absolute atomic E-state index is 11.9. The van der Waals surface area contributed by atoms with Crippen molar-refractivity contribution < 1.29 is 9.53 Å². The number of hydrogen-bond donors (Lipinski definition) is 2. The predicted octanol–water partition coefficient (Wildman–Crippen LogP) is 3.83. The van der Waals surface area contributed by atoms with Gasteiger partial charge in [-0.1, -0.05) is 12.1 Å². The van der Waals surface area contributed by atoms with Crippen molar-refractivity contribution in [1.82, 2.24) is 0 Å². The fourth-order valence-electron chi connectivity index (χ4n) is 2.03. The Morgan fingerprint density at radius 1 is 1.09 bits per heavy atom. The molecule has 116 valence electrons. The number of carbonyl (C=O) groups is 1. The standard InChI is InChI=1S/C18H22N2O2/c1-13(2)22-17-9-7-15(8-10-17)19-12-18(21)20-16-6-4-5-14(3)11-16/h4-11,13,19H,12H2,1-3H3,(H,20,21). The van der Waals surface area contributed by atoms with Crippen LogP contribution in [0.5, 0.6) is 5.75 Å².